The molecule has 1 unspecified atom stereocenters. The summed E-state index contributed by atoms with van der Waals surface area (Å²) < 4.78 is 13.5. The van der Waals surface area contributed by atoms with Gasteiger partial charge in [0.25, 0.3) is 0 Å². The zero-order chi connectivity index (χ0) is 14.7. The maximum atomic E-state index is 13.5. The molecule has 0 saturated carbocycles. The van der Waals surface area contributed by atoms with Gasteiger partial charge in [-0.15, -0.1) is 11.3 Å². The molecular formula is C15H14FN3OS. The maximum Gasteiger partial charge on any atom is 0.137 e. The number of fused-ring (bicyclic) bond motifs is 1. The second-order valence-electron chi connectivity index (χ2n) is 4.61. The molecule has 2 N–H and O–H groups in total. The number of hydrogen-bond acceptors (Lipinski definition) is 5. The van der Waals surface area contributed by atoms with Crippen molar-refractivity contribution >= 4 is 28.1 Å². The van der Waals surface area contributed by atoms with Crippen molar-refractivity contribution in [2.45, 2.75) is 12.5 Å². The van der Waals surface area contributed by atoms with E-state index in [1.165, 1.54) is 18.5 Å². The van der Waals surface area contributed by atoms with E-state index in [1.54, 1.807) is 17.4 Å². The molecular weight excluding hydrogens is 289 g/mol. The number of thiophene rings is 1. The van der Waals surface area contributed by atoms with E-state index in [9.17, 15) is 9.50 Å². The number of aliphatic hydroxyl groups is 1. The average molecular weight is 303 g/mol. The third kappa shape index (κ3) is 3.01. The second kappa shape index (κ2) is 6.15. The first-order valence-electron chi connectivity index (χ1n) is 6.59. The molecule has 6 heteroatoms. The number of aliphatic hydroxyl groups excluding tert-OH is 1. The smallest absolute Gasteiger partial charge is 0.137 e. The summed E-state index contributed by atoms with van der Waals surface area (Å²) in [4.78, 5) is 9.45. The monoisotopic (exact) mass is 303 g/mol. The van der Waals surface area contributed by atoms with Crippen molar-refractivity contribution in [1.29, 1.82) is 0 Å². The predicted molar refractivity (Wildman–Crippen MR) is 81.9 cm³/mol. The van der Waals surface area contributed by atoms with E-state index in [4.69, 9.17) is 0 Å². The Morgan fingerprint density at radius 2 is 2.19 bits per heavy atom. The summed E-state index contributed by atoms with van der Waals surface area (Å²) >= 11 is 1.61. The topological polar surface area (TPSA) is 58.0 Å². The fraction of sp³-hybridized carbons (Fsp3) is 0.200. The Hall–Kier alpha value is -2.05. The van der Waals surface area contributed by atoms with Crippen LogP contribution in [0.3, 0.4) is 0 Å². The van der Waals surface area contributed by atoms with Crippen LogP contribution < -0.4 is 5.32 Å². The Kier molecular flexibility index (Phi) is 4.08. The maximum absolute atomic E-state index is 13.5. The van der Waals surface area contributed by atoms with E-state index in [1.807, 2.05) is 17.5 Å². The molecule has 0 amide bonds. The zero-order valence-electron chi connectivity index (χ0n) is 11.2. The molecule has 3 rings (SSSR count). The van der Waals surface area contributed by atoms with E-state index in [0.717, 1.165) is 4.88 Å². The molecule has 0 saturated heterocycles. The largest absolute Gasteiger partial charge is 0.396 e. The van der Waals surface area contributed by atoms with Crippen LogP contribution in [0, 0.1) is 5.82 Å². The second-order valence-corrected chi connectivity index (χ2v) is 5.59. The fourth-order valence-electron chi connectivity index (χ4n) is 2.21. The molecule has 21 heavy (non-hydrogen) atoms. The Morgan fingerprint density at radius 3 is 2.95 bits per heavy atom. The molecule has 0 spiro atoms. The number of nitrogens with one attached hydrogen (secondary N) is 1. The quantitative estimate of drug-likeness (QED) is 0.759. The van der Waals surface area contributed by atoms with Crippen molar-refractivity contribution in [3.05, 3.63) is 52.7 Å². The van der Waals surface area contributed by atoms with Crippen LogP contribution in [0.25, 0.3) is 10.9 Å². The van der Waals surface area contributed by atoms with Gasteiger partial charge in [-0.2, -0.15) is 0 Å². The number of benzene rings is 1. The number of hydrogen-bond donors (Lipinski definition) is 2. The third-order valence-corrected chi connectivity index (χ3v) is 4.20. The van der Waals surface area contributed by atoms with E-state index in [0.29, 0.717) is 23.1 Å². The predicted octanol–water partition coefficient (Wildman–Crippen LogP) is 3.37. The van der Waals surface area contributed by atoms with Crippen molar-refractivity contribution in [2.24, 2.45) is 0 Å². The lowest BCUT2D eigenvalue weighted by Gasteiger charge is -2.18. The summed E-state index contributed by atoms with van der Waals surface area (Å²) in [7, 11) is 0. The van der Waals surface area contributed by atoms with Gasteiger partial charge in [-0.3, -0.25) is 0 Å². The lowest BCUT2D eigenvalue weighted by Crippen LogP contribution is -2.12. The van der Waals surface area contributed by atoms with Crippen molar-refractivity contribution < 1.29 is 9.50 Å². The van der Waals surface area contributed by atoms with Gasteiger partial charge in [0.15, 0.2) is 0 Å². The molecule has 1 atom stereocenters. The van der Waals surface area contributed by atoms with Crippen LogP contribution in [0.15, 0.2) is 42.0 Å². The molecule has 0 aliphatic carbocycles. The molecule has 4 nitrogen and oxygen atoms in total. The van der Waals surface area contributed by atoms with Crippen LogP contribution in [-0.2, 0) is 0 Å². The van der Waals surface area contributed by atoms with Crippen LogP contribution in [-0.4, -0.2) is 21.7 Å². The van der Waals surface area contributed by atoms with Crippen LogP contribution in [0.4, 0.5) is 10.2 Å². The Balaban J connectivity index is 1.97. The number of halogens is 1. The Bertz CT molecular complexity index is 733. The van der Waals surface area contributed by atoms with Gasteiger partial charge in [0, 0.05) is 16.9 Å². The first-order valence-corrected chi connectivity index (χ1v) is 7.47. The Morgan fingerprint density at radius 1 is 1.29 bits per heavy atom. The van der Waals surface area contributed by atoms with Crippen molar-refractivity contribution in [3.63, 3.8) is 0 Å². The number of nitrogens with zero attached hydrogens (tertiary/aromatic N) is 2. The average Bonchev–Trinajstić information content (AvgIpc) is 3.01. The molecule has 2 heterocycles. The molecule has 0 radical (unpaired) electrons. The van der Waals surface area contributed by atoms with Gasteiger partial charge in [-0.05, 0) is 36.1 Å². The number of rotatable bonds is 5. The van der Waals surface area contributed by atoms with E-state index >= 15 is 0 Å². The normalized spacial score (nSPS) is 12.5. The molecule has 0 bridgehead atoms. The molecule has 0 aliphatic heterocycles. The van der Waals surface area contributed by atoms with Gasteiger partial charge < -0.3 is 10.4 Å². The first-order chi connectivity index (χ1) is 10.3. The fourth-order valence-corrected chi connectivity index (χ4v) is 3.03. The highest BCUT2D eigenvalue weighted by Crippen LogP contribution is 2.28. The Labute approximate surface area is 125 Å². The highest BCUT2D eigenvalue weighted by atomic mass is 32.1. The summed E-state index contributed by atoms with van der Waals surface area (Å²) in [6.45, 7) is 0.0624. The standard InChI is InChI=1S/C15H14FN3OS/c16-10-3-4-12-11(8-10)15(18-9-17-12)19-13(5-6-20)14-2-1-7-21-14/h1-4,7-9,13,20H,5-6H2,(H,17,18,19). The van der Waals surface area contributed by atoms with Crippen LogP contribution in [0.2, 0.25) is 0 Å². The zero-order valence-corrected chi connectivity index (χ0v) is 12.0. The summed E-state index contributed by atoms with van der Waals surface area (Å²) in [5.41, 5.74) is 0.683. The van der Waals surface area contributed by atoms with Gasteiger partial charge >= 0.3 is 0 Å². The summed E-state index contributed by atoms with van der Waals surface area (Å²) in [5, 5.41) is 15.1. The van der Waals surface area contributed by atoms with E-state index in [2.05, 4.69) is 15.3 Å². The summed E-state index contributed by atoms with van der Waals surface area (Å²) in [6, 6.07) is 8.33. The minimum Gasteiger partial charge on any atom is -0.396 e. The van der Waals surface area contributed by atoms with Crippen LogP contribution in [0.5, 0.6) is 0 Å². The van der Waals surface area contributed by atoms with E-state index in [-0.39, 0.29) is 18.5 Å². The van der Waals surface area contributed by atoms with Gasteiger partial charge in [-0.1, -0.05) is 6.07 Å². The molecule has 108 valence electrons. The van der Waals surface area contributed by atoms with E-state index < -0.39 is 0 Å². The molecule has 3 aromatic rings. The van der Waals surface area contributed by atoms with Crippen molar-refractivity contribution in [1.82, 2.24) is 9.97 Å². The SMILES string of the molecule is OCCC(Nc1ncnc2ccc(F)cc12)c1cccs1. The minimum absolute atomic E-state index is 0.0589. The van der Waals surface area contributed by atoms with Gasteiger partial charge in [0.1, 0.15) is 18.0 Å². The van der Waals surface area contributed by atoms with Gasteiger partial charge in [0.05, 0.1) is 11.6 Å². The summed E-state index contributed by atoms with van der Waals surface area (Å²) in [5.74, 6) is 0.251. The minimum atomic E-state index is -0.324. The van der Waals surface area contributed by atoms with Crippen molar-refractivity contribution in [3.8, 4) is 0 Å². The van der Waals surface area contributed by atoms with Crippen LogP contribution in [0.1, 0.15) is 17.3 Å². The van der Waals surface area contributed by atoms with Crippen molar-refractivity contribution in [2.75, 3.05) is 11.9 Å². The third-order valence-electron chi connectivity index (χ3n) is 3.21. The lowest BCUT2D eigenvalue weighted by atomic mass is 10.1. The molecule has 1 aromatic carbocycles. The molecule has 0 aliphatic rings. The number of anilines is 1. The summed E-state index contributed by atoms with van der Waals surface area (Å²) in [6.07, 6.45) is 2.01. The lowest BCUT2D eigenvalue weighted by molar-refractivity contribution is 0.280. The van der Waals surface area contributed by atoms with Gasteiger partial charge in [0.2, 0.25) is 0 Å². The first kappa shape index (κ1) is 13.9. The molecule has 0 fully saturated rings. The van der Waals surface area contributed by atoms with Crippen LogP contribution >= 0.6 is 11.3 Å². The number of aromatic nitrogens is 2. The highest BCUT2D eigenvalue weighted by Gasteiger charge is 2.14. The highest BCUT2D eigenvalue weighted by molar-refractivity contribution is 7.10. The molecule has 2 aromatic heterocycles. The van der Waals surface area contributed by atoms with Gasteiger partial charge in [-0.25, -0.2) is 14.4 Å².